The van der Waals surface area contributed by atoms with E-state index < -0.39 is 20.3 Å². The highest BCUT2D eigenvalue weighted by molar-refractivity contribution is 6.74. The highest BCUT2D eigenvalue weighted by atomic mass is 28.4. The topological polar surface area (TPSA) is 76.2 Å². The minimum atomic E-state index is -1.96. The number of hydrogen-bond acceptors (Lipinski definition) is 5. The minimum absolute atomic E-state index is 0.0607. The first-order chi connectivity index (χ1) is 14.9. The summed E-state index contributed by atoms with van der Waals surface area (Å²) in [6.07, 6.45) is 0.319. The Labute approximate surface area is 192 Å². The zero-order valence-corrected chi connectivity index (χ0v) is 21.1. The number of amides is 3. The normalized spacial score (nSPS) is 23.4. The van der Waals surface area contributed by atoms with Crippen molar-refractivity contribution in [3.8, 4) is 0 Å². The molecule has 0 N–H and O–H groups in total. The Morgan fingerprint density at radius 1 is 1.16 bits per heavy atom. The van der Waals surface area contributed by atoms with E-state index in [1.165, 1.54) is 4.90 Å². The number of rotatable bonds is 6. The fraction of sp³-hybridized carbons (Fsp3) is 0.625. The molecule has 1 aromatic carbocycles. The predicted octanol–water partition coefficient (Wildman–Crippen LogP) is 4.18. The summed E-state index contributed by atoms with van der Waals surface area (Å²) in [7, 11) is -1.96. The molecule has 0 bridgehead atoms. The highest BCUT2D eigenvalue weighted by Crippen LogP contribution is 2.38. The number of ether oxygens (including phenoxy) is 1. The Bertz CT molecular complexity index is 852. The number of carbonyl (C=O) groups is 3. The summed E-state index contributed by atoms with van der Waals surface area (Å²) in [5.74, 6) is -0.859. The van der Waals surface area contributed by atoms with Gasteiger partial charge >= 0.3 is 6.09 Å². The van der Waals surface area contributed by atoms with Crippen molar-refractivity contribution in [2.24, 2.45) is 5.92 Å². The van der Waals surface area contributed by atoms with Gasteiger partial charge in [0.2, 0.25) is 11.8 Å². The van der Waals surface area contributed by atoms with E-state index in [0.717, 1.165) is 5.56 Å². The molecule has 2 fully saturated rings. The van der Waals surface area contributed by atoms with Gasteiger partial charge in [0.25, 0.3) is 0 Å². The summed E-state index contributed by atoms with van der Waals surface area (Å²) >= 11 is 0. The molecule has 2 aliphatic rings. The van der Waals surface area contributed by atoms with Gasteiger partial charge in [-0.15, -0.1) is 0 Å². The fourth-order valence-corrected chi connectivity index (χ4v) is 5.31. The van der Waals surface area contributed by atoms with Crippen molar-refractivity contribution < 1.29 is 23.5 Å². The third-order valence-corrected chi connectivity index (χ3v) is 11.7. The number of hydrogen-bond donors (Lipinski definition) is 0. The molecule has 0 unspecified atom stereocenters. The molecule has 7 nitrogen and oxygen atoms in total. The number of fused-ring (bicyclic) bond motifs is 1. The van der Waals surface area contributed by atoms with Crippen molar-refractivity contribution in [1.82, 2.24) is 9.80 Å². The van der Waals surface area contributed by atoms with Crippen molar-refractivity contribution in [3.63, 3.8) is 0 Å². The maximum absolute atomic E-state index is 13.0. The average molecular weight is 461 g/mol. The molecule has 32 heavy (non-hydrogen) atoms. The number of benzene rings is 1. The second-order valence-electron chi connectivity index (χ2n) is 10.3. The molecule has 2 aliphatic heterocycles. The van der Waals surface area contributed by atoms with Crippen LogP contribution in [0, 0.1) is 5.92 Å². The fourth-order valence-electron chi connectivity index (χ4n) is 4.27. The summed E-state index contributed by atoms with van der Waals surface area (Å²) in [5, 5.41) is 0.0607. The van der Waals surface area contributed by atoms with Crippen molar-refractivity contribution in [3.05, 3.63) is 35.9 Å². The zero-order chi connectivity index (χ0) is 23.7. The van der Waals surface area contributed by atoms with E-state index in [1.807, 2.05) is 30.3 Å². The Kier molecular flexibility index (Phi) is 7.14. The van der Waals surface area contributed by atoms with Crippen LogP contribution in [-0.4, -0.2) is 61.3 Å². The summed E-state index contributed by atoms with van der Waals surface area (Å²) in [5.41, 5.74) is 0.908. The minimum Gasteiger partial charge on any atom is -0.445 e. The second kappa shape index (κ2) is 9.35. The highest BCUT2D eigenvalue weighted by Gasteiger charge is 2.55. The van der Waals surface area contributed by atoms with Gasteiger partial charge in [-0.05, 0) is 30.1 Å². The molecule has 0 aromatic heterocycles. The summed E-state index contributed by atoms with van der Waals surface area (Å²) in [6, 6.07) is 8.86. The molecule has 0 radical (unpaired) electrons. The maximum atomic E-state index is 13.0. The molecule has 0 saturated carbocycles. The van der Waals surface area contributed by atoms with Crippen LogP contribution >= 0.6 is 0 Å². The van der Waals surface area contributed by atoms with Gasteiger partial charge in [0.1, 0.15) is 6.61 Å². The van der Waals surface area contributed by atoms with E-state index >= 15 is 0 Å². The Hall–Kier alpha value is -2.19. The molecule has 2 saturated heterocycles. The van der Waals surface area contributed by atoms with Gasteiger partial charge in [0.15, 0.2) is 8.32 Å². The van der Waals surface area contributed by atoms with E-state index in [0.29, 0.717) is 19.6 Å². The lowest BCUT2D eigenvalue weighted by molar-refractivity contribution is -0.145. The van der Waals surface area contributed by atoms with Gasteiger partial charge in [0, 0.05) is 19.6 Å². The summed E-state index contributed by atoms with van der Waals surface area (Å²) in [6.45, 7) is 13.5. The lowest BCUT2D eigenvalue weighted by Crippen LogP contribution is -2.44. The summed E-state index contributed by atoms with van der Waals surface area (Å²) < 4.78 is 11.6. The van der Waals surface area contributed by atoms with Crippen LogP contribution in [0.4, 0.5) is 4.79 Å². The van der Waals surface area contributed by atoms with E-state index in [4.69, 9.17) is 9.16 Å². The van der Waals surface area contributed by atoms with Crippen LogP contribution in [0.2, 0.25) is 18.1 Å². The standard InChI is InChI=1S/C24H36N2O5Si/c1-17-21-19(12-14-25(21)23(29)30-16-18-10-8-7-9-11-18)26(22(17)28)20(27)13-15-31-32(5,6)24(2,3)4/h7-11,17,19,21H,12-16H2,1-6H3/t17-,19-,21+/m0/s1. The van der Waals surface area contributed by atoms with Gasteiger partial charge in [-0.2, -0.15) is 0 Å². The molecule has 0 spiro atoms. The third-order valence-electron chi connectivity index (χ3n) is 7.18. The molecular weight excluding hydrogens is 424 g/mol. The Morgan fingerprint density at radius 2 is 1.81 bits per heavy atom. The van der Waals surface area contributed by atoms with Crippen molar-refractivity contribution >= 4 is 26.2 Å². The van der Waals surface area contributed by atoms with Gasteiger partial charge < -0.3 is 14.1 Å². The lowest BCUT2D eigenvalue weighted by atomic mass is 10.0. The second-order valence-corrected chi connectivity index (χ2v) is 15.1. The zero-order valence-electron chi connectivity index (χ0n) is 20.1. The van der Waals surface area contributed by atoms with Crippen LogP contribution in [-0.2, 0) is 25.4 Å². The predicted molar refractivity (Wildman–Crippen MR) is 124 cm³/mol. The number of carbonyl (C=O) groups excluding carboxylic acids is 3. The van der Waals surface area contributed by atoms with E-state index in [9.17, 15) is 14.4 Å². The maximum Gasteiger partial charge on any atom is 0.410 e. The van der Waals surface area contributed by atoms with Crippen molar-refractivity contribution in [2.75, 3.05) is 13.2 Å². The van der Waals surface area contributed by atoms with Crippen LogP contribution in [0.25, 0.3) is 0 Å². The molecule has 2 heterocycles. The number of likely N-dealkylation sites (tertiary alicyclic amines) is 2. The molecule has 3 amide bonds. The van der Waals surface area contributed by atoms with E-state index in [1.54, 1.807) is 11.8 Å². The quantitative estimate of drug-likeness (QED) is 0.595. The van der Waals surface area contributed by atoms with Gasteiger partial charge in [-0.25, -0.2) is 4.79 Å². The first kappa shape index (κ1) is 24.4. The molecule has 3 rings (SSSR count). The van der Waals surface area contributed by atoms with Gasteiger partial charge in [-0.3, -0.25) is 14.5 Å². The SMILES string of the molecule is C[C@@H]1C(=O)N(C(=O)CCO[Si](C)(C)C(C)(C)C)[C@H]2CCN(C(=O)OCc3ccccc3)[C@H]12. The first-order valence-electron chi connectivity index (χ1n) is 11.4. The van der Waals surface area contributed by atoms with Crippen LogP contribution in [0.5, 0.6) is 0 Å². The van der Waals surface area contributed by atoms with Crippen LogP contribution in [0.3, 0.4) is 0 Å². The van der Waals surface area contributed by atoms with Crippen molar-refractivity contribution in [1.29, 1.82) is 0 Å². The Balaban J connectivity index is 1.59. The molecule has 3 atom stereocenters. The monoisotopic (exact) mass is 460 g/mol. The van der Waals surface area contributed by atoms with Gasteiger partial charge in [0.05, 0.1) is 18.0 Å². The van der Waals surface area contributed by atoms with Crippen LogP contribution < -0.4 is 0 Å². The molecule has 1 aromatic rings. The largest absolute Gasteiger partial charge is 0.445 e. The smallest absolute Gasteiger partial charge is 0.410 e. The first-order valence-corrected chi connectivity index (χ1v) is 14.3. The van der Waals surface area contributed by atoms with Crippen LogP contribution in [0.15, 0.2) is 30.3 Å². The average Bonchev–Trinajstić information content (AvgIpc) is 3.25. The van der Waals surface area contributed by atoms with E-state index in [-0.39, 0.29) is 42.0 Å². The Morgan fingerprint density at radius 3 is 2.44 bits per heavy atom. The number of nitrogens with zero attached hydrogens (tertiary/aromatic N) is 2. The molecule has 8 heteroatoms. The van der Waals surface area contributed by atoms with Gasteiger partial charge in [-0.1, -0.05) is 58.0 Å². The van der Waals surface area contributed by atoms with E-state index in [2.05, 4.69) is 33.9 Å². The lowest BCUT2D eigenvalue weighted by Gasteiger charge is -2.36. The molecular formula is C24H36N2O5Si. The summed E-state index contributed by atoms with van der Waals surface area (Å²) in [4.78, 5) is 41.6. The third kappa shape index (κ3) is 4.91. The van der Waals surface area contributed by atoms with Crippen LogP contribution in [0.1, 0.15) is 46.1 Å². The number of imide groups is 1. The molecule has 176 valence electrons. The van der Waals surface area contributed by atoms with Crippen molar-refractivity contribution in [2.45, 2.75) is 77.4 Å². The molecule has 0 aliphatic carbocycles.